The van der Waals surface area contributed by atoms with Gasteiger partial charge in [-0.1, -0.05) is 80.6 Å². The number of fused-ring (bicyclic) bond motifs is 3. The summed E-state index contributed by atoms with van der Waals surface area (Å²) in [5, 5.41) is 4.46. The zero-order valence-electron chi connectivity index (χ0n) is 27.5. The number of hydrogen-bond donors (Lipinski definition) is 1. The van der Waals surface area contributed by atoms with Gasteiger partial charge in [0.25, 0.3) is 0 Å². The summed E-state index contributed by atoms with van der Waals surface area (Å²) in [7, 11) is 1.67. The number of likely N-dealkylation sites (N-methyl/N-ethyl adjacent to an activating group) is 1. The number of nitrogens with one attached hydrogen (secondary N) is 1. The molecule has 1 fully saturated rings. The van der Waals surface area contributed by atoms with Gasteiger partial charge in [-0.3, -0.25) is 9.63 Å². The second-order valence-electron chi connectivity index (χ2n) is 13.2. The van der Waals surface area contributed by atoms with Gasteiger partial charge in [0.2, 0.25) is 5.91 Å². The van der Waals surface area contributed by atoms with Crippen LogP contribution in [-0.4, -0.2) is 73.1 Å². The summed E-state index contributed by atoms with van der Waals surface area (Å²) in [5.74, 6) is 0.0438. The van der Waals surface area contributed by atoms with E-state index in [0.29, 0.717) is 26.1 Å². The summed E-state index contributed by atoms with van der Waals surface area (Å²) in [6, 6.07) is 16.7. The molecule has 9 heteroatoms. The second-order valence-corrected chi connectivity index (χ2v) is 13.2. The molecular weight excluding hydrogens is 570 g/mol. The Morgan fingerprint density at radius 1 is 0.867 bits per heavy atom. The number of rotatable bonds is 14. The number of carbonyl (C=O) groups excluding carboxylic acids is 3. The topological polar surface area (TPSA) is 97.4 Å². The van der Waals surface area contributed by atoms with Crippen LogP contribution in [0.3, 0.4) is 0 Å². The predicted octanol–water partition coefficient (Wildman–Crippen LogP) is 7.44. The first-order chi connectivity index (χ1) is 21.6. The molecule has 1 saturated carbocycles. The average molecular weight is 622 g/mol. The molecular formula is C36H51N3O6. The minimum Gasteiger partial charge on any atom is -0.449 e. The summed E-state index contributed by atoms with van der Waals surface area (Å²) >= 11 is 0. The standard InChI is InChI=1S/C36H51N3O6/c1-36(2,3)45-35(42)38(4)24-25-44-39(27-16-8-7-9-17-27)33(40)22-10-5-6-15-23-37-34(41)43-26-32-30-20-13-11-18-28(30)29-19-12-14-21-31(29)32/h11-14,18-21,27,32H,5-10,15-17,22-26H2,1-4H3,(H,37,41). The van der Waals surface area contributed by atoms with Crippen LogP contribution in [0.1, 0.15) is 102 Å². The van der Waals surface area contributed by atoms with Crippen LogP contribution in [0.4, 0.5) is 9.59 Å². The highest BCUT2D eigenvalue weighted by Gasteiger charge is 2.29. The molecule has 45 heavy (non-hydrogen) atoms. The summed E-state index contributed by atoms with van der Waals surface area (Å²) in [4.78, 5) is 45.3. The zero-order valence-corrected chi connectivity index (χ0v) is 27.5. The third kappa shape index (κ3) is 10.2. The van der Waals surface area contributed by atoms with Crippen LogP contribution in [0.2, 0.25) is 0 Å². The zero-order chi connectivity index (χ0) is 32.2. The lowest BCUT2D eigenvalue weighted by molar-refractivity contribution is -0.204. The number of ether oxygens (including phenoxy) is 2. The smallest absolute Gasteiger partial charge is 0.410 e. The number of nitrogens with zero attached hydrogens (tertiary/aromatic N) is 2. The van der Waals surface area contributed by atoms with Gasteiger partial charge in [-0.05, 0) is 68.7 Å². The van der Waals surface area contributed by atoms with E-state index in [0.717, 1.165) is 51.4 Å². The molecule has 3 amide bonds. The highest BCUT2D eigenvalue weighted by atomic mass is 16.7. The first-order valence-corrected chi connectivity index (χ1v) is 16.6. The fourth-order valence-corrected chi connectivity index (χ4v) is 6.11. The van der Waals surface area contributed by atoms with E-state index in [1.807, 2.05) is 45.0 Å². The van der Waals surface area contributed by atoms with Crippen molar-refractivity contribution in [2.45, 2.75) is 103 Å². The van der Waals surface area contributed by atoms with Crippen molar-refractivity contribution in [3.8, 4) is 11.1 Å². The maximum absolute atomic E-state index is 13.2. The normalized spacial score (nSPS) is 14.8. The molecule has 0 saturated heterocycles. The molecule has 4 rings (SSSR count). The molecule has 2 aliphatic carbocycles. The van der Waals surface area contributed by atoms with Gasteiger partial charge in [-0.2, -0.15) is 0 Å². The lowest BCUT2D eigenvalue weighted by Crippen LogP contribution is -2.43. The molecule has 0 aromatic heterocycles. The molecule has 2 aromatic rings. The van der Waals surface area contributed by atoms with E-state index < -0.39 is 17.8 Å². The lowest BCUT2D eigenvalue weighted by atomic mass is 9.95. The summed E-state index contributed by atoms with van der Waals surface area (Å²) in [6.07, 6.45) is 8.22. The molecule has 2 aromatic carbocycles. The number of hydrogen-bond acceptors (Lipinski definition) is 6. The monoisotopic (exact) mass is 621 g/mol. The van der Waals surface area contributed by atoms with Gasteiger partial charge >= 0.3 is 12.2 Å². The maximum Gasteiger partial charge on any atom is 0.410 e. The Hall–Kier alpha value is -3.59. The van der Waals surface area contributed by atoms with Gasteiger partial charge < -0.3 is 19.7 Å². The molecule has 2 aliphatic rings. The maximum atomic E-state index is 13.2. The van der Waals surface area contributed by atoms with Gasteiger partial charge in [0.1, 0.15) is 12.2 Å². The SMILES string of the molecule is CN(CCON(C(=O)CCCCCCNC(=O)OCC1c2ccccc2-c2ccccc21)C1CCCCC1)C(=O)OC(C)(C)C. The van der Waals surface area contributed by atoms with Crippen molar-refractivity contribution < 1.29 is 28.7 Å². The lowest BCUT2D eigenvalue weighted by Gasteiger charge is -2.33. The Balaban J connectivity index is 1.12. The van der Waals surface area contributed by atoms with Crippen molar-refractivity contribution in [1.29, 1.82) is 0 Å². The second kappa shape index (κ2) is 16.6. The highest BCUT2D eigenvalue weighted by Crippen LogP contribution is 2.44. The quantitative estimate of drug-likeness (QED) is 0.174. The Bertz CT molecular complexity index is 1220. The van der Waals surface area contributed by atoms with Crippen LogP contribution in [-0.2, 0) is 19.1 Å². The number of carbonyl (C=O) groups is 3. The third-order valence-corrected chi connectivity index (χ3v) is 8.44. The van der Waals surface area contributed by atoms with E-state index in [9.17, 15) is 14.4 Å². The molecule has 0 radical (unpaired) electrons. The molecule has 1 N–H and O–H groups in total. The van der Waals surface area contributed by atoms with Crippen molar-refractivity contribution in [2.75, 3.05) is 33.4 Å². The van der Waals surface area contributed by atoms with Gasteiger partial charge in [0.15, 0.2) is 0 Å². The number of hydroxylamine groups is 2. The minimum atomic E-state index is -0.564. The van der Waals surface area contributed by atoms with Crippen LogP contribution < -0.4 is 5.32 Å². The van der Waals surface area contributed by atoms with Crippen molar-refractivity contribution in [3.63, 3.8) is 0 Å². The Morgan fingerprint density at radius 3 is 2.13 bits per heavy atom. The van der Waals surface area contributed by atoms with E-state index in [4.69, 9.17) is 14.3 Å². The first-order valence-electron chi connectivity index (χ1n) is 16.6. The van der Waals surface area contributed by atoms with Crippen LogP contribution >= 0.6 is 0 Å². The fourth-order valence-electron chi connectivity index (χ4n) is 6.11. The van der Waals surface area contributed by atoms with Crippen molar-refractivity contribution in [1.82, 2.24) is 15.3 Å². The average Bonchev–Trinajstić information content (AvgIpc) is 3.34. The number of amides is 3. The van der Waals surface area contributed by atoms with E-state index in [2.05, 4.69) is 29.6 Å². The minimum absolute atomic E-state index is 0.00131. The number of alkyl carbamates (subject to hydrolysis) is 1. The van der Waals surface area contributed by atoms with Crippen molar-refractivity contribution in [3.05, 3.63) is 59.7 Å². The number of benzene rings is 2. The Morgan fingerprint density at radius 2 is 1.49 bits per heavy atom. The van der Waals surface area contributed by atoms with Crippen LogP contribution in [0.5, 0.6) is 0 Å². The van der Waals surface area contributed by atoms with E-state index in [1.165, 1.54) is 33.6 Å². The molecule has 9 nitrogen and oxygen atoms in total. The largest absolute Gasteiger partial charge is 0.449 e. The fraction of sp³-hybridized carbons (Fsp3) is 0.583. The summed E-state index contributed by atoms with van der Waals surface area (Å²) < 4.78 is 11.0. The summed E-state index contributed by atoms with van der Waals surface area (Å²) in [6.45, 7) is 6.91. The van der Waals surface area contributed by atoms with Crippen LogP contribution in [0.25, 0.3) is 11.1 Å². The molecule has 0 unspecified atom stereocenters. The van der Waals surface area contributed by atoms with Crippen molar-refractivity contribution in [2.24, 2.45) is 0 Å². The molecule has 0 spiro atoms. The molecule has 0 bridgehead atoms. The van der Waals surface area contributed by atoms with Crippen LogP contribution in [0, 0.1) is 0 Å². The van der Waals surface area contributed by atoms with Gasteiger partial charge in [0.05, 0.1) is 12.6 Å². The molecule has 0 heterocycles. The van der Waals surface area contributed by atoms with E-state index in [-0.39, 0.29) is 24.5 Å². The predicted molar refractivity (Wildman–Crippen MR) is 175 cm³/mol. The summed E-state index contributed by atoms with van der Waals surface area (Å²) in [5.41, 5.74) is 4.24. The molecule has 0 atom stereocenters. The molecule has 0 aliphatic heterocycles. The van der Waals surface area contributed by atoms with Crippen LogP contribution in [0.15, 0.2) is 48.5 Å². The first kappa shape index (κ1) is 34.3. The third-order valence-electron chi connectivity index (χ3n) is 8.44. The van der Waals surface area contributed by atoms with Gasteiger partial charge in [0, 0.05) is 32.5 Å². The van der Waals surface area contributed by atoms with E-state index in [1.54, 1.807) is 12.1 Å². The Labute approximate surface area is 268 Å². The molecule has 246 valence electrons. The van der Waals surface area contributed by atoms with Gasteiger partial charge in [-0.25, -0.2) is 14.7 Å². The van der Waals surface area contributed by atoms with Gasteiger partial charge in [-0.15, -0.1) is 0 Å². The Kier molecular flexibility index (Phi) is 12.7. The van der Waals surface area contributed by atoms with Crippen molar-refractivity contribution >= 4 is 18.1 Å². The highest BCUT2D eigenvalue weighted by molar-refractivity contribution is 5.79. The van der Waals surface area contributed by atoms with E-state index >= 15 is 0 Å². The number of unbranched alkanes of at least 4 members (excludes halogenated alkanes) is 3.